The summed E-state index contributed by atoms with van der Waals surface area (Å²) in [5, 5.41) is 0. The monoisotopic (exact) mass is 214 g/mol. The Kier molecular flexibility index (Phi) is 5.07. The number of rotatable bonds is 7. The number of ether oxygens (including phenoxy) is 2. The summed E-state index contributed by atoms with van der Waals surface area (Å²) in [6.07, 6.45) is 6.28. The quantitative estimate of drug-likeness (QED) is 0.605. The highest BCUT2D eigenvalue weighted by molar-refractivity contribution is 4.96. The molecule has 0 N–H and O–H groups in total. The average Bonchev–Trinajstić information content (AvgIpc) is 2.25. The van der Waals surface area contributed by atoms with E-state index in [0.29, 0.717) is 12.0 Å². The molecule has 0 aliphatic heterocycles. The van der Waals surface area contributed by atoms with Crippen LogP contribution in [0.25, 0.3) is 0 Å². The van der Waals surface area contributed by atoms with Crippen LogP contribution in [0.2, 0.25) is 0 Å². The summed E-state index contributed by atoms with van der Waals surface area (Å²) in [4.78, 5) is 0. The number of hydrogen-bond donors (Lipinski definition) is 0. The van der Waals surface area contributed by atoms with Crippen molar-refractivity contribution in [2.75, 3.05) is 13.7 Å². The molecule has 1 aliphatic rings. The number of hydrogen-bond acceptors (Lipinski definition) is 2. The molecule has 3 atom stereocenters. The molecule has 3 unspecified atom stereocenters. The maximum Gasteiger partial charge on any atom is 0.0732 e. The molecule has 15 heavy (non-hydrogen) atoms. The van der Waals surface area contributed by atoms with Gasteiger partial charge in [-0.25, -0.2) is 0 Å². The Labute approximate surface area is 94.3 Å². The summed E-state index contributed by atoms with van der Waals surface area (Å²) >= 11 is 0. The number of unbranched alkanes of at least 4 members (excludes halogenated alkanes) is 1. The average molecular weight is 214 g/mol. The van der Waals surface area contributed by atoms with Gasteiger partial charge < -0.3 is 9.47 Å². The molecule has 0 aromatic rings. The van der Waals surface area contributed by atoms with Crippen LogP contribution >= 0.6 is 0 Å². The van der Waals surface area contributed by atoms with Crippen LogP contribution in [0, 0.1) is 5.92 Å². The smallest absolute Gasteiger partial charge is 0.0732 e. The zero-order valence-electron chi connectivity index (χ0n) is 10.7. The SMILES string of the molecule is CCCCOC1(CC(C)OC)CCC1C. The molecule has 2 heteroatoms. The second-order valence-electron chi connectivity index (χ2n) is 4.96. The molecule has 1 aliphatic carbocycles. The molecule has 0 bridgehead atoms. The molecule has 0 amide bonds. The normalized spacial score (nSPS) is 32.4. The van der Waals surface area contributed by atoms with Gasteiger partial charge in [0.05, 0.1) is 11.7 Å². The van der Waals surface area contributed by atoms with Crippen molar-refractivity contribution in [2.24, 2.45) is 5.92 Å². The van der Waals surface area contributed by atoms with E-state index in [1.54, 1.807) is 7.11 Å². The molecule has 0 saturated heterocycles. The zero-order valence-corrected chi connectivity index (χ0v) is 10.7. The molecule has 1 fully saturated rings. The van der Waals surface area contributed by atoms with E-state index < -0.39 is 0 Å². The lowest BCUT2D eigenvalue weighted by atomic mass is 9.67. The first-order valence-corrected chi connectivity index (χ1v) is 6.31. The van der Waals surface area contributed by atoms with Crippen LogP contribution in [0.4, 0.5) is 0 Å². The first kappa shape index (κ1) is 13.0. The van der Waals surface area contributed by atoms with Crippen molar-refractivity contribution >= 4 is 0 Å². The lowest BCUT2D eigenvalue weighted by Gasteiger charge is -2.49. The van der Waals surface area contributed by atoms with E-state index in [-0.39, 0.29) is 5.60 Å². The maximum atomic E-state index is 6.11. The first-order chi connectivity index (χ1) is 7.14. The fraction of sp³-hybridized carbons (Fsp3) is 1.00. The standard InChI is InChI=1S/C13H26O2/c1-5-6-9-15-13(8-7-11(13)2)10-12(3)14-4/h11-12H,5-10H2,1-4H3. The highest BCUT2D eigenvalue weighted by Crippen LogP contribution is 2.45. The van der Waals surface area contributed by atoms with E-state index in [9.17, 15) is 0 Å². The minimum atomic E-state index is 0.130. The van der Waals surface area contributed by atoms with Crippen molar-refractivity contribution in [1.82, 2.24) is 0 Å². The lowest BCUT2D eigenvalue weighted by molar-refractivity contribution is -0.161. The van der Waals surface area contributed by atoms with Crippen LogP contribution in [-0.2, 0) is 9.47 Å². The minimum absolute atomic E-state index is 0.130. The van der Waals surface area contributed by atoms with Gasteiger partial charge in [0.15, 0.2) is 0 Å². The van der Waals surface area contributed by atoms with Gasteiger partial charge in [-0.1, -0.05) is 20.3 Å². The topological polar surface area (TPSA) is 18.5 Å². The Hall–Kier alpha value is -0.0800. The lowest BCUT2D eigenvalue weighted by Crippen LogP contribution is -2.50. The van der Waals surface area contributed by atoms with Gasteiger partial charge in [0.2, 0.25) is 0 Å². The van der Waals surface area contributed by atoms with E-state index in [1.807, 2.05) is 0 Å². The molecule has 90 valence electrons. The third-order valence-electron chi connectivity index (χ3n) is 3.82. The van der Waals surface area contributed by atoms with Crippen LogP contribution in [0.1, 0.15) is 52.9 Å². The summed E-state index contributed by atoms with van der Waals surface area (Å²) in [6.45, 7) is 7.56. The Bertz CT molecular complexity index is 181. The summed E-state index contributed by atoms with van der Waals surface area (Å²) in [5.74, 6) is 0.701. The predicted molar refractivity (Wildman–Crippen MR) is 63.1 cm³/mol. The summed E-state index contributed by atoms with van der Waals surface area (Å²) < 4.78 is 11.5. The molecule has 0 heterocycles. The zero-order chi connectivity index (χ0) is 11.3. The molecule has 0 aromatic heterocycles. The van der Waals surface area contributed by atoms with Gasteiger partial charge in [0, 0.05) is 20.1 Å². The van der Waals surface area contributed by atoms with Gasteiger partial charge in [-0.2, -0.15) is 0 Å². The van der Waals surface area contributed by atoms with Crippen molar-refractivity contribution in [1.29, 1.82) is 0 Å². The van der Waals surface area contributed by atoms with Gasteiger partial charge in [0.25, 0.3) is 0 Å². The second-order valence-corrected chi connectivity index (χ2v) is 4.96. The Balaban J connectivity index is 2.40. The van der Waals surface area contributed by atoms with Crippen LogP contribution in [-0.4, -0.2) is 25.4 Å². The largest absolute Gasteiger partial charge is 0.382 e. The highest BCUT2D eigenvalue weighted by Gasteiger charge is 2.45. The van der Waals surface area contributed by atoms with Crippen LogP contribution < -0.4 is 0 Å². The highest BCUT2D eigenvalue weighted by atomic mass is 16.5. The predicted octanol–water partition coefficient (Wildman–Crippen LogP) is 3.40. The molecule has 0 radical (unpaired) electrons. The van der Waals surface area contributed by atoms with E-state index in [2.05, 4.69) is 20.8 Å². The second kappa shape index (κ2) is 5.86. The van der Waals surface area contributed by atoms with Crippen molar-refractivity contribution in [3.63, 3.8) is 0 Å². The van der Waals surface area contributed by atoms with Crippen molar-refractivity contribution in [3.05, 3.63) is 0 Å². The van der Waals surface area contributed by atoms with Crippen LogP contribution in [0.5, 0.6) is 0 Å². The van der Waals surface area contributed by atoms with Gasteiger partial charge in [-0.05, 0) is 32.1 Å². The van der Waals surface area contributed by atoms with Gasteiger partial charge >= 0.3 is 0 Å². The van der Waals surface area contributed by atoms with Crippen molar-refractivity contribution < 1.29 is 9.47 Å². The van der Waals surface area contributed by atoms with Crippen molar-refractivity contribution in [2.45, 2.75) is 64.6 Å². The number of methoxy groups -OCH3 is 1. The van der Waals surface area contributed by atoms with Gasteiger partial charge in [-0.3, -0.25) is 0 Å². The fourth-order valence-electron chi connectivity index (χ4n) is 2.32. The van der Waals surface area contributed by atoms with Gasteiger partial charge in [0.1, 0.15) is 0 Å². The fourth-order valence-corrected chi connectivity index (χ4v) is 2.32. The Morgan fingerprint density at radius 3 is 2.60 bits per heavy atom. The minimum Gasteiger partial charge on any atom is -0.382 e. The Morgan fingerprint density at radius 1 is 1.47 bits per heavy atom. The summed E-state index contributed by atoms with van der Waals surface area (Å²) in [7, 11) is 1.79. The van der Waals surface area contributed by atoms with E-state index in [4.69, 9.17) is 9.47 Å². The molecule has 0 spiro atoms. The molecule has 1 rings (SSSR count). The van der Waals surface area contributed by atoms with Gasteiger partial charge in [-0.15, -0.1) is 0 Å². The van der Waals surface area contributed by atoms with Crippen LogP contribution in [0.15, 0.2) is 0 Å². The van der Waals surface area contributed by atoms with E-state index in [0.717, 1.165) is 13.0 Å². The van der Waals surface area contributed by atoms with Crippen LogP contribution in [0.3, 0.4) is 0 Å². The van der Waals surface area contributed by atoms with E-state index >= 15 is 0 Å². The summed E-state index contributed by atoms with van der Waals surface area (Å²) in [6, 6.07) is 0. The molecule has 2 nitrogen and oxygen atoms in total. The summed E-state index contributed by atoms with van der Waals surface area (Å²) in [5.41, 5.74) is 0.130. The van der Waals surface area contributed by atoms with Crippen molar-refractivity contribution in [3.8, 4) is 0 Å². The molecule has 0 aromatic carbocycles. The third kappa shape index (κ3) is 3.18. The third-order valence-corrected chi connectivity index (χ3v) is 3.82. The molecular weight excluding hydrogens is 188 g/mol. The maximum absolute atomic E-state index is 6.11. The first-order valence-electron chi connectivity index (χ1n) is 6.31. The Morgan fingerprint density at radius 2 is 2.20 bits per heavy atom. The molecular formula is C13H26O2. The molecule has 1 saturated carbocycles. The van der Waals surface area contributed by atoms with E-state index in [1.165, 1.54) is 25.7 Å².